The number of cyclic esters (lactones) is 1. The van der Waals surface area contributed by atoms with Crippen molar-refractivity contribution in [1.82, 2.24) is 10.2 Å². The van der Waals surface area contributed by atoms with Crippen LogP contribution in [-0.2, 0) is 43.4 Å². The quantitative estimate of drug-likeness (QED) is 0.337. The third kappa shape index (κ3) is 7.57. The Balaban J connectivity index is 1.20. The number of carbonyl (C=O) groups is 4. The van der Waals surface area contributed by atoms with Gasteiger partial charge >= 0.3 is 24.1 Å². The first-order valence-corrected chi connectivity index (χ1v) is 11.9. The first kappa shape index (κ1) is 26.2. The van der Waals surface area contributed by atoms with E-state index in [2.05, 4.69) is 5.32 Å². The summed E-state index contributed by atoms with van der Waals surface area (Å²) in [5.41, 5.74) is 2.38. The molecule has 3 aromatic rings. The lowest BCUT2D eigenvalue weighted by Gasteiger charge is -2.20. The molecule has 2 amide bonds. The van der Waals surface area contributed by atoms with E-state index in [1.165, 1.54) is 12.1 Å². The van der Waals surface area contributed by atoms with Crippen LogP contribution in [0.4, 0.5) is 9.59 Å². The molecule has 1 aliphatic rings. The predicted octanol–water partition coefficient (Wildman–Crippen LogP) is 3.58. The van der Waals surface area contributed by atoms with Crippen LogP contribution in [0.1, 0.15) is 16.7 Å². The molecule has 0 spiro atoms. The van der Waals surface area contributed by atoms with Gasteiger partial charge < -0.3 is 24.3 Å². The third-order valence-electron chi connectivity index (χ3n) is 5.60. The molecule has 4 rings (SSSR count). The minimum Gasteiger partial charge on any atom is -0.461 e. The summed E-state index contributed by atoms with van der Waals surface area (Å²) in [6, 6.07) is 23.8. The van der Waals surface area contributed by atoms with Gasteiger partial charge in [-0.3, -0.25) is 9.69 Å². The average Bonchev–Trinajstić information content (AvgIpc) is 3.32. The molecule has 0 saturated carbocycles. The maximum Gasteiger partial charge on any atom is 0.413 e. The summed E-state index contributed by atoms with van der Waals surface area (Å²) in [6.07, 6.45) is -1.49. The first-order chi connectivity index (χ1) is 18.5. The zero-order valence-electron chi connectivity index (χ0n) is 20.4. The highest BCUT2D eigenvalue weighted by Gasteiger charge is 2.39. The van der Waals surface area contributed by atoms with E-state index in [4.69, 9.17) is 18.9 Å². The smallest absolute Gasteiger partial charge is 0.413 e. The van der Waals surface area contributed by atoms with Gasteiger partial charge in [-0.25, -0.2) is 14.4 Å². The highest BCUT2D eigenvalue weighted by atomic mass is 16.6. The van der Waals surface area contributed by atoms with Gasteiger partial charge in [0.25, 0.3) is 0 Å². The number of amides is 2. The van der Waals surface area contributed by atoms with Gasteiger partial charge in [0.15, 0.2) is 12.8 Å². The van der Waals surface area contributed by atoms with Crippen LogP contribution in [0, 0.1) is 0 Å². The van der Waals surface area contributed by atoms with Gasteiger partial charge in [0.2, 0.25) is 0 Å². The molecular formula is C28H26N2O8. The van der Waals surface area contributed by atoms with Gasteiger partial charge in [0.05, 0.1) is 13.0 Å². The Hall–Kier alpha value is -4.86. The number of benzene rings is 3. The molecule has 196 valence electrons. The van der Waals surface area contributed by atoms with Crippen LogP contribution in [0.3, 0.4) is 0 Å². The molecule has 0 unspecified atom stereocenters. The molecule has 1 heterocycles. The van der Waals surface area contributed by atoms with Gasteiger partial charge in [0, 0.05) is 0 Å². The van der Waals surface area contributed by atoms with E-state index in [9.17, 15) is 19.2 Å². The second kappa shape index (κ2) is 12.9. The molecule has 1 N–H and O–H groups in total. The van der Waals surface area contributed by atoms with Gasteiger partial charge in [-0.1, -0.05) is 72.8 Å². The van der Waals surface area contributed by atoms with Gasteiger partial charge in [-0.15, -0.1) is 0 Å². The maximum absolute atomic E-state index is 12.4. The standard InChI is InChI=1S/C28H26N2O8/c31-25(35-17-21-7-3-1-4-8-21)15-20-11-13-23(14-12-20)38-27(33)29-16-24-26(32)37-19-30(24)28(34)36-18-22-9-5-2-6-10-22/h1-14,24H,15-19H2,(H,29,33)/t24-/m0/s1. The van der Waals surface area contributed by atoms with Crippen molar-refractivity contribution in [3.8, 4) is 5.75 Å². The normalized spacial score (nSPS) is 14.4. The summed E-state index contributed by atoms with van der Waals surface area (Å²) in [5.74, 6) is -0.807. The van der Waals surface area contributed by atoms with E-state index in [1.807, 2.05) is 48.5 Å². The highest BCUT2D eigenvalue weighted by Crippen LogP contribution is 2.16. The summed E-state index contributed by atoms with van der Waals surface area (Å²) in [4.78, 5) is 49.9. The number of rotatable bonds is 9. The van der Waals surface area contributed by atoms with Crippen LogP contribution in [0.25, 0.3) is 0 Å². The lowest BCUT2D eigenvalue weighted by molar-refractivity contribution is -0.144. The molecule has 0 aromatic heterocycles. The molecule has 0 aliphatic carbocycles. The highest BCUT2D eigenvalue weighted by molar-refractivity contribution is 5.84. The van der Waals surface area contributed by atoms with Gasteiger partial charge in [-0.2, -0.15) is 0 Å². The summed E-state index contributed by atoms with van der Waals surface area (Å²) in [6.45, 7) is -0.266. The Labute approximate surface area is 219 Å². The lowest BCUT2D eigenvalue weighted by atomic mass is 10.1. The summed E-state index contributed by atoms with van der Waals surface area (Å²) >= 11 is 0. The van der Waals surface area contributed by atoms with E-state index in [0.29, 0.717) is 5.56 Å². The van der Waals surface area contributed by atoms with Crippen molar-refractivity contribution in [2.45, 2.75) is 25.7 Å². The molecule has 10 nitrogen and oxygen atoms in total. The molecular weight excluding hydrogens is 492 g/mol. The molecule has 1 aliphatic heterocycles. The van der Waals surface area contributed by atoms with Crippen LogP contribution in [-0.4, -0.2) is 48.3 Å². The summed E-state index contributed by atoms with van der Waals surface area (Å²) in [5, 5.41) is 2.46. The van der Waals surface area contributed by atoms with Crippen molar-refractivity contribution >= 4 is 24.1 Å². The van der Waals surface area contributed by atoms with Crippen molar-refractivity contribution in [2.75, 3.05) is 13.3 Å². The van der Waals surface area contributed by atoms with E-state index < -0.39 is 24.2 Å². The van der Waals surface area contributed by atoms with Crippen LogP contribution in [0.15, 0.2) is 84.9 Å². The molecule has 0 bridgehead atoms. The predicted molar refractivity (Wildman–Crippen MR) is 134 cm³/mol. The van der Waals surface area contributed by atoms with E-state index >= 15 is 0 Å². The average molecular weight is 519 g/mol. The number of nitrogens with zero attached hydrogens (tertiary/aromatic N) is 1. The molecule has 1 saturated heterocycles. The molecule has 38 heavy (non-hydrogen) atoms. The Kier molecular flexibility index (Phi) is 8.90. The molecule has 3 aromatic carbocycles. The second-order valence-electron chi connectivity index (χ2n) is 8.36. The lowest BCUT2D eigenvalue weighted by Crippen LogP contribution is -2.46. The second-order valence-corrected chi connectivity index (χ2v) is 8.36. The van der Waals surface area contributed by atoms with E-state index in [-0.39, 0.29) is 44.6 Å². The van der Waals surface area contributed by atoms with Crippen LogP contribution in [0.5, 0.6) is 5.75 Å². The zero-order chi connectivity index (χ0) is 26.7. The van der Waals surface area contributed by atoms with Crippen LogP contribution >= 0.6 is 0 Å². The van der Waals surface area contributed by atoms with Crippen LogP contribution in [0.2, 0.25) is 0 Å². The monoisotopic (exact) mass is 518 g/mol. The van der Waals surface area contributed by atoms with Crippen molar-refractivity contribution in [2.24, 2.45) is 0 Å². The minimum atomic E-state index is -1.05. The summed E-state index contributed by atoms with van der Waals surface area (Å²) in [7, 11) is 0. The number of esters is 2. The van der Waals surface area contributed by atoms with Crippen molar-refractivity contribution in [3.63, 3.8) is 0 Å². The van der Waals surface area contributed by atoms with E-state index in [0.717, 1.165) is 16.0 Å². The minimum absolute atomic E-state index is 0.0350. The summed E-state index contributed by atoms with van der Waals surface area (Å²) < 4.78 is 20.7. The zero-order valence-corrected chi connectivity index (χ0v) is 20.4. The fourth-order valence-corrected chi connectivity index (χ4v) is 3.58. The third-order valence-corrected chi connectivity index (χ3v) is 5.60. The van der Waals surface area contributed by atoms with Gasteiger partial charge in [-0.05, 0) is 28.8 Å². The Morgan fingerprint density at radius 1 is 0.816 bits per heavy atom. The first-order valence-electron chi connectivity index (χ1n) is 11.9. The molecule has 1 atom stereocenters. The Morgan fingerprint density at radius 2 is 1.42 bits per heavy atom. The van der Waals surface area contributed by atoms with Crippen LogP contribution < -0.4 is 10.1 Å². The molecule has 0 radical (unpaired) electrons. The topological polar surface area (TPSA) is 120 Å². The van der Waals surface area contributed by atoms with Crippen molar-refractivity contribution in [3.05, 3.63) is 102 Å². The number of carbonyl (C=O) groups excluding carboxylic acids is 4. The van der Waals surface area contributed by atoms with E-state index in [1.54, 1.807) is 24.3 Å². The maximum atomic E-state index is 12.4. The molecule has 10 heteroatoms. The Bertz CT molecular complexity index is 1250. The number of nitrogens with one attached hydrogen (secondary N) is 1. The number of hydrogen-bond donors (Lipinski definition) is 1. The fourth-order valence-electron chi connectivity index (χ4n) is 3.58. The largest absolute Gasteiger partial charge is 0.461 e. The number of ether oxygens (including phenoxy) is 4. The molecule has 1 fully saturated rings. The number of hydrogen-bond acceptors (Lipinski definition) is 8. The Morgan fingerprint density at radius 3 is 2.05 bits per heavy atom. The SMILES string of the molecule is O=C(Cc1ccc(OC(=O)NC[C@H]2C(=O)OCN2C(=O)OCc2ccccc2)cc1)OCc1ccccc1. The fraction of sp³-hybridized carbons (Fsp3) is 0.214. The van der Waals surface area contributed by atoms with Crippen molar-refractivity contribution < 1.29 is 38.1 Å². The van der Waals surface area contributed by atoms with Crippen molar-refractivity contribution in [1.29, 1.82) is 0 Å². The van der Waals surface area contributed by atoms with Gasteiger partial charge in [0.1, 0.15) is 19.0 Å².